The Balaban J connectivity index is 2.25. The van der Waals surface area contributed by atoms with E-state index in [9.17, 15) is 5.11 Å². The highest BCUT2D eigenvalue weighted by atomic mass is 16.5. The van der Waals surface area contributed by atoms with Crippen LogP contribution in [-0.4, -0.2) is 62.0 Å². The molecule has 18 heavy (non-hydrogen) atoms. The molecule has 1 saturated heterocycles. The Kier molecular flexibility index (Phi) is 6.57. The van der Waals surface area contributed by atoms with Crippen LogP contribution in [0.25, 0.3) is 0 Å². The van der Waals surface area contributed by atoms with Gasteiger partial charge < -0.3 is 20.1 Å². The largest absolute Gasteiger partial charge is 0.389 e. The Hall–Kier alpha value is -0.160. The van der Waals surface area contributed by atoms with E-state index in [0.717, 1.165) is 5.92 Å². The monoisotopic (exact) mass is 258 g/mol. The molecule has 0 saturated carbocycles. The van der Waals surface area contributed by atoms with E-state index in [4.69, 9.17) is 4.74 Å². The molecule has 2 atom stereocenters. The number of rotatable bonds is 7. The summed E-state index contributed by atoms with van der Waals surface area (Å²) in [5.74, 6) is 0.736. The van der Waals surface area contributed by atoms with Crippen molar-refractivity contribution in [2.24, 2.45) is 5.92 Å². The SMILES string of the molecule is COCCC(C)(O)CNC(C)C1CCN(C)CC1. The van der Waals surface area contributed by atoms with Gasteiger partial charge in [0.25, 0.3) is 0 Å². The Labute approximate surface area is 112 Å². The smallest absolute Gasteiger partial charge is 0.0765 e. The van der Waals surface area contributed by atoms with E-state index in [2.05, 4.69) is 24.2 Å². The third kappa shape index (κ3) is 5.65. The van der Waals surface area contributed by atoms with Crippen molar-refractivity contribution in [3.8, 4) is 0 Å². The van der Waals surface area contributed by atoms with Crippen LogP contribution in [0.5, 0.6) is 0 Å². The summed E-state index contributed by atoms with van der Waals surface area (Å²) in [6.45, 7) is 7.75. The first-order valence-corrected chi connectivity index (χ1v) is 7.08. The highest BCUT2D eigenvalue weighted by molar-refractivity contribution is 4.82. The van der Waals surface area contributed by atoms with Crippen molar-refractivity contribution in [1.82, 2.24) is 10.2 Å². The molecule has 1 heterocycles. The molecule has 1 fully saturated rings. The lowest BCUT2D eigenvalue weighted by molar-refractivity contribution is 0.0205. The van der Waals surface area contributed by atoms with Gasteiger partial charge in [0.1, 0.15) is 0 Å². The van der Waals surface area contributed by atoms with Gasteiger partial charge in [-0.05, 0) is 52.7 Å². The molecule has 4 nitrogen and oxygen atoms in total. The molecule has 108 valence electrons. The van der Waals surface area contributed by atoms with E-state index in [1.807, 2.05) is 6.92 Å². The van der Waals surface area contributed by atoms with Gasteiger partial charge in [-0.15, -0.1) is 0 Å². The van der Waals surface area contributed by atoms with Crippen LogP contribution in [0.15, 0.2) is 0 Å². The van der Waals surface area contributed by atoms with Crippen molar-refractivity contribution in [2.45, 2.75) is 44.8 Å². The third-order valence-electron chi connectivity index (χ3n) is 4.12. The molecule has 0 bridgehead atoms. The van der Waals surface area contributed by atoms with E-state index >= 15 is 0 Å². The second-order valence-electron chi connectivity index (χ2n) is 6.05. The molecule has 0 aromatic carbocycles. The number of methoxy groups -OCH3 is 1. The first kappa shape index (κ1) is 15.9. The first-order valence-electron chi connectivity index (χ1n) is 7.08. The predicted molar refractivity (Wildman–Crippen MR) is 74.8 cm³/mol. The molecular weight excluding hydrogens is 228 g/mol. The standard InChI is InChI=1S/C14H30N2O2/c1-12(13-5-8-16(3)9-6-13)15-11-14(2,17)7-10-18-4/h12-13,15,17H,5-11H2,1-4H3. The summed E-state index contributed by atoms with van der Waals surface area (Å²) in [7, 11) is 3.86. The van der Waals surface area contributed by atoms with Crippen molar-refractivity contribution < 1.29 is 9.84 Å². The zero-order valence-corrected chi connectivity index (χ0v) is 12.4. The van der Waals surface area contributed by atoms with E-state index in [-0.39, 0.29) is 0 Å². The van der Waals surface area contributed by atoms with Crippen molar-refractivity contribution >= 4 is 0 Å². The van der Waals surface area contributed by atoms with E-state index in [1.54, 1.807) is 7.11 Å². The Morgan fingerprint density at radius 1 is 1.44 bits per heavy atom. The normalized spacial score (nSPS) is 23.8. The Morgan fingerprint density at radius 2 is 2.06 bits per heavy atom. The minimum Gasteiger partial charge on any atom is -0.389 e. The summed E-state index contributed by atoms with van der Waals surface area (Å²) in [5.41, 5.74) is -0.671. The lowest BCUT2D eigenvalue weighted by atomic mass is 9.90. The summed E-state index contributed by atoms with van der Waals surface area (Å²) in [4.78, 5) is 2.39. The molecule has 0 aliphatic carbocycles. The summed E-state index contributed by atoms with van der Waals surface area (Å²) >= 11 is 0. The lowest BCUT2D eigenvalue weighted by Gasteiger charge is -2.34. The number of hydrogen-bond donors (Lipinski definition) is 2. The van der Waals surface area contributed by atoms with Crippen LogP contribution in [0.2, 0.25) is 0 Å². The second-order valence-corrected chi connectivity index (χ2v) is 6.05. The second kappa shape index (κ2) is 7.43. The molecule has 1 rings (SSSR count). The molecule has 0 aromatic heterocycles. The number of ether oxygens (including phenoxy) is 1. The van der Waals surface area contributed by atoms with Crippen molar-refractivity contribution in [1.29, 1.82) is 0 Å². The van der Waals surface area contributed by atoms with Crippen LogP contribution in [0, 0.1) is 5.92 Å². The maximum Gasteiger partial charge on any atom is 0.0765 e. The van der Waals surface area contributed by atoms with Gasteiger partial charge in [0, 0.05) is 32.7 Å². The van der Waals surface area contributed by atoms with Gasteiger partial charge in [0.05, 0.1) is 5.60 Å². The van der Waals surface area contributed by atoms with Crippen LogP contribution in [0.1, 0.15) is 33.1 Å². The quantitative estimate of drug-likeness (QED) is 0.717. The molecule has 4 heteroatoms. The molecule has 2 unspecified atom stereocenters. The Morgan fingerprint density at radius 3 is 2.61 bits per heavy atom. The zero-order valence-electron chi connectivity index (χ0n) is 12.4. The number of nitrogens with zero attached hydrogens (tertiary/aromatic N) is 1. The number of aliphatic hydroxyl groups is 1. The summed E-state index contributed by atoms with van der Waals surface area (Å²) < 4.78 is 5.02. The topological polar surface area (TPSA) is 44.7 Å². The van der Waals surface area contributed by atoms with E-state index < -0.39 is 5.60 Å². The molecular formula is C14H30N2O2. The summed E-state index contributed by atoms with van der Waals surface area (Å²) in [6.07, 6.45) is 3.19. The highest BCUT2D eigenvalue weighted by Crippen LogP contribution is 2.20. The maximum absolute atomic E-state index is 10.2. The van der Waals surface area contributed by atoms with Crippen molar-refractivity contribution in [2.75, 3.05) is 40.4 Å². The maximum atomic E-state index is 10.2. The van der Waals surface area contributed by atoms with E-state index in [0.29, 0.717) is 25.6 Å². The molecule has 1 aliphatic heterocycles. The molecule has 0 spiro atoms. The minimum atomic E-state index is -0.671. The highest BCUT2D eigenvalue weighted by Gasteiger charge is 2.25. The van der Waals surface area contributed by atoms with Gasteiger partial charge in [0.2, 0.25) is 0 Å². The number of likely N-dealkylation sites (tertiary alicyclic amines) is 1. The average molecular weight is 258 g/mol. The molecule has 0 amide bonds. The molecule has 1 aliphatic rings. The minimum absolute atomic E-state index is 0.479. The zero-order chi connectivity index (χ0) is 13.6. The van der Waals surface area contributed by atoms with Gasteiger partial charge in [-0.3, -0.25) is 0 Å². The lowest BCUT2D eigenvalue weighted by Crippen LogP contribution is -2.46. The fourth-order valence-corrected chi connectivity index (χ4v) is 2.49. The number of nitrogens with one attached hydrogen (secondary N) is 1. The van der Waals surface area contributed by atoms with Crippen LogP contribution in [0.4, 0.5) is 0 Å². The fourth-order valence-electron chi connectivity index (χ4n) is 2.49. The van der Waals surface area contributed by atoms with Crippen LogP contribution in [0.3, 0.4) is 0 Å². The molecule has 0 aromatic rings. The van der Waals surface area contributed by atoms with Gasteiger partial charge in [-0.25, -0.2) is 0 Å². The van der Waals surface area contributed by atoms with Crippen molar-refractivity contribution in [3.05, 3.63) is 0 Å². The van der Waals surface area contributed by atoms with Crippen LogP contribution >= 0.6 is 0 Å². The number of piperidine rings is 1. The predicted octanol–water partition coefficient (Wildman–Crippen LogP) is 1.09. The Bertz CT molecular complexity index is 226. The summed E-state index contributed by atoms with van der Waals surface area (Å²) in [6, 6.07) is 0.479. The average Bonchev–Trinajstić information content (AvgIpc) is 2.35. The molecule has 0 radical (unpaired) electrons. The van der Waals surface area contributed by atoms with Crippen LogP contribution < -0.4 is 5.32 Å². The molecule has 2 N–H and O–H groups in total. The van der Waals surface area contributed by atoms with Crippen molar-refractivity contribution in [3.63, 3.8) is 0 Å². The van der Waals surface area contributed by atoms with E-state index in [1.165, 1.54) is 25.9 Å². The van der Waals surface area contributed by atoms with Gasteiger partial charge >= 0.3 is 0 Å². The first-order chi connectivity index (χ1) is 8.44. The number of hydrogen-bond acceptors (Lipinski definition) is 4. The third-order valence-corrected chi connectivity index (χ3v) is 4.12. The van der Waals surface area contributed by atoms with Gasteiger partial charge in [-0.2, -0.15) is 0 Å². The van der Waals surface area contributed by atoms with Gasteiger partial charge in [-0.1, -0.05) is 0 Å². The summed E-state index contributed by atoms with van der Waals surface area (Å²) in [5, 5.41) is 13.7. The fraction of sp³-hybridized carbons (Fsp3) is 1.00. The van der Waals surface area contributed by atoms with Gasteiger partial charge in [0.15, 0.2) is 0 Å². The van der Waals surface area contributed by atoms with Crippen LogP contribution in [-0.2, 0) is 4.74 Å².